The molecule has 2 aliphatic rings. The van der Waals surface area contributed by atoms with E-state index in [-0.39, 0.29) is 0 Å². The molecule has 0 amide bonds. The minimum atomic E-state index is 0.304. The van der Waals surface area contributed by atoms with Gasteiger partial charge in [-0.2, -0.15) is 0 Å². The summed E-state index contributed by atoms with van der Waals surface area (Å²) >= 11 is 0. The van der Waals surface area contributed by atoms with Gasteiger partial charge in [0.05, 0.1) is 6.17 Å². The zero-order valence-electron chi connectivity index (χ0n) is 4.93. The summed E-state index contributed by atoms with van der Waals surface area (Å²) in [6.45, 7) is 0. The molecular formula is C6H12N2. The highest BCUT2D eigenvalue weighted by molar-refractivity contribution is 4.97. The van der Waals surface area contributed by atoms with Crippen LogP contribution in [0, 0.1) is 5.92 Å². The maximum absolute atomic E-state index is 5.64. The molecule has 0 spiro atoms. The number of nitrogens with two attached hydrogens (primary N) is 1. The molecule has 1 aliphatic carbocycles. The highest BCUT2D eigenvalue weighted by Crippen LogP contribution is 2.37. The van der Waals surface area contributed by atoms with Crippen molar-refractivity contribution in [1.82, 2.24) is 5.32 Å². The van der Waals surface area contributed by atoms with Crippen molar-refractivity contribution in [3.05, 3.63) is 0 Å². The van der Waals surface area contributed by atoms with Crippen LogP contribution in [-0.2, 0) is 0 Å². The Hall–Kier alpha value is -0.0800. The van der Waals surface area contributed by atoms with Gasteiger partial charge < -0.3 is 5.73 Å². The van der Waals surface area contributed by atoms with Gasteiger partial charge >= 0.3 is 0 Å². The summed E-state index contributed by atoms with van der Waals surface area (Å²) in [5, 5.41) is 3.33. The van der Waals surface area contributed by atoms with Gasteiger partial charge in [0.15, 0.2) is 0 Å². The lowest BCUT2D eigenvalue weighted by Crippen LogP contribution is -2.42. The van der Waals surface area contributed by atoms with Gasteiger partial charge in [0.1, 0.15) is 0 Å². The van der Waals surface area contributed by atoms with E-state index < -0.39 is 0 Å². The van der Waals surface area contributed by atoms with Crippen LogP contribution in [0.3, 0.4) is 0 Å². The number of piperidine rings is 1. The molecule has 0 radical (unpaired) electrons. The second-order valence-corrected chi connectivity index (χ2v) is 2.95. The van der Waals surface area contributed by atoms with Gasteiger partial charge in [0, 0.05) is 6.04 Å². The number of hydrogen-bond donors (Lipinski definition) is 2. The molecular weight excluding hydrogens is 100 g/mol. The van der Waals surface area contributed by atoms with Crippen molar-refractivity contribution in [3.63, 3.8) is 0 Å². The van der Waals surface area contributed by atoms with Crippen LogP contribution in [0.15, 0.2) is 0 Å². The smallest absolute Gasteiger partial charge is 0.0548 e. The van der Waals surface area contributed by atoms with E-state index in [0.29, 0.717) is 6.17 Å². The van der Waals surface area contributed by atoms with Gasteiger partial charge in [-0.3, -0.25) is 5.32 Å². The Bertz CT molecular complexity index is 103. The van der Waals surface area contributed by atoms with Crippen LogP contribution in [0.5, 0.6) is 0 Å². The Morgan fingerprint density at radius 2 is 2.25 bits per heavy atom. The third-order valence-corrected chi connectivity index (χ3v) is 2.20. The zero-order valence-corrected chi connectivity index (χ0v) is 4.93. The van der Waals surface area contributed by atoms with Gasteiger partial charge in [0.25, 0.3) is 0 Å². The first kappa shape index (κ1) is 4.77. The first-order valence-electron chi connectivity index (χ1n) is 3.38. The van der Waals surface area contributed by atoms with Crippen LogP contribution in [0.4, 0.5) is 0 Å². The fraction of sp³-hybridized carbons (Fsp3) is 1.00. The van der Waals surface area contributed by atoms with Crippen molar-refractivity contribution >= 4 is 0 Å². The normalized spacial score (nSPS) is 52.9. The second kappa shape index (κ2) is 1.45. The standard InChI is InChI=1S/C6H12N2/c7-6-2-1-4-3-5(4)8-6/h4-6,8H,1-3,7H2. The molecule has 3 unspecified atom stereocenters. The van der Waals surface area contributed by atoms with Crippen molar-refractivity contribution in [2.45, 2.75) is 31.5 Å². The topological polar surface area (TPSA) is 38.0 Å². The Morgan fingerprint density at radius 3 is 2.88 bits per heavy atom. The first-order chi connectivity index (χ1) is 3.86. The fourth-order valence-corrected chi connectivity index (χ4v) is 1.52. The highest BCUT2D eigenvalue weighted by atomic mass is 15.1. The quantitative estimate of drug-likeness (QED) is 0.464. The summed E-state index contributed by atoms with van der Waals surface area (Å²) in [7, 11) is 0. The predicted octanol–water partition coefficient (Wildman–Crippen LogP) is 0.0431. The van der Waals surface area contributed by atoms with E-state index in [9.17, 15) is 0 Å². The van der Waals surface area contributed by atoms with E-state index in [2.05, 4.69) is 5.32 Å². The lowest BCUT2D eigenvalue weighted by molar-refractivity contribution is 0.401. The minimum Gasteiger partial charge on any atom is -0.316 e. The maximum atomic E-state index is 5.64. The van der Waals surface area contributed by atoms with Crippen LogP contribution in [0.2, 0.25) is 0 Å². The molecule has 1 saturated carbocycles. The van der Waals surface area contributed by atoms with E-state index in [1.54, 1.807) is 0 Å². The third-order valence-electron chi connectivity index (χ3n) is 2.20. The monoisotopic (exact) mass is 112 g/mol. The van der Waals surface area contributed by atoms with Crippen molar-refractivity contribution in [3.8, 4) is 0 Å². The van der Waals surface area contributed by atoms with E-state index >= 15 is 0 Å². The van der Waals surface area contributed by atoms with E-state index in [0.717, 1.165) is 12.0 Å². The molecule has 2 rings (SSSR count). The average Bonchev–Trinajstić information content (AvgIpc) is 2.43. The lowest BCUT2D eigenvalue weighted by Gasteiger charge is -2.17. The molecule has 0 aromatic carbocycles. The molecule has 8 heavy (non-hydrogen) atoms. The van der Waals surface area contributed by atoms with Crippen LogP contribution >= 0.6 is 0 Å². The lowest BCUT2D eigenvalue weighted by atomic mass is 10.1. The molecule has 2 fully saturated rings. The summed E-state index contributed by atoms with van der Waals surface area (Å²) in [6, 6.07) is 0.804. The second-order valence-electron chi connectivity index (χ2n) is 2.95. The number of rotatable bonds is 0. The van der Waals surface area contributed by atoms with Crippen LogP contribution in [0.25, 0.3) is 0 Å². The van der Waals surface area contributed by atoms with Gasteiger partial charge in [-0.05, 0) is 25.2 Å². The predicted molar refractivity (Wildman–Crippen MR) is 32.2 cm³/mol. The van der Waals surface area contributed by atoms with Crippen molar-refractivity contribution in [1.29, 1.82) is 0 Å². The SMILES string of the molecule is NC1CCC2CC2N1. The highest BCUT2D eigenvalue weighted by Gasteiger charge is 2.40. The Kier molecular flexibility index (Phi) is 0.866. The van der Waals surface area contributed by atoms with Crippen LogP contribution in [0.1, 0.15) is 19.3 Å². The van der Waals surface area contributed by atoms with Crippen LogP contribution < -0.4 is 11.1 Å². The molecule has 2 heteroatoms. The molecule has 0 aromatic rings. The number of fused-ring (bicyclic) bond motifs is 1. The van der Waals surface area contributed by atoms with Crippen molar-refractivity contribution < 1.29 is 0 Å². The molecule has 46 valence electrons. The molecule has 2 nitrogen and oxygen atoms in total. The molecule has 3 atom stereocenters. The number of nitrogens with one attached hydrogen (secondary N) is 1. The van der Waals surface area contributed by atoms with Crippen molar-refractivity contribution in [2.24, 2.45) is 11.7 Å². The van der Waals surface area contributed by atoms with Gasteiger partial charge in [-0.1, -0.05) is 0 Å². The van der Waals surface area contributed by atoms with Crippen LogP contribution in [-0.4, -0.2) is 12.2 Å². The third kappa shape index (κ3) is 0.644. The summed E-state index contributed by atoms with van der Waals surface area (Å²) in [4.78, 5) is 0. The molecule has 1 aliphatic heterocycles. The minimum absolute atomic E-state index is 0.304. The van der Waals surface area contributed by atoms with Gasteiger partial charge in [-0.15, -0.1) is 0 Å². The average molecular weight is 112 g/mol. The molecule has 0 bridgehead atoms. The van der Waals surface area contributed by atoms with E-state index in [1.807, 2.05) is 0 Å². The number of hydrogen-bond acceptors (Lipinski definition) is 2. The Balaban J connectivity index is 1.93. The van der Waals surface area contributed by atoms with Gasteiger partial charge in [-0.25, -0.2) is 0 Å². The van der Waals surface area contributed by atoms with E-state index in [4.69, 9.17) is 5.73 Å². The summed E-state index contributed by atoms with van der Waals surface area (Å²) in [6.07, 6.45) is 4.23. The largest absolute Gasteiger partial charge is 0.316 e. The van der Waals surface area contributed by atoms with E-state index in [1.165, 1.54) is 19.3 Å². The Morgan fingerprint density at radius 1 is 1.38 bits per heavy atom. The summed E-state index contributed by atoms with van der Waals surface area (Å²) < 4.78 is 0. The maximum Gasteiger partial charge on any atom is 0.0548 e. The molecule has 3 N–H and O–H groups in total. The molecule has 1 heterocycles. The molecule has 0 aromatic heterocycles. The Labute approximate surface area is 49.4 Å². The zero-order chi connectivity index (χ0) is 5.56. The molecule has 1 saturated heterocycles. The summed E-state index contributed by atoms with van der Waals surface area (Å²) in [5.41, 5.74) is 5.64. The summed E-state index contributed by atoms with van der Waals surface area (Å²) in [5.74, 6) is 0.995. The first-order valence-corrected chi connectivity index (χ1v) is 3.38. The van der Waals surface area contributed by atoms with Crippen molar-refractivity contribution in [2.75, 3.05) is 0 Å². The fourth-order valence-electron chi connectivity index (χ4n) is 1.52. The van der Waals surface area contributed by atoms with Gasteiger partial charge in [0.2, 0.25) is 0 Å².